The molecule has 0 aliphatic heterocycles. The molecule has 2 heterocycles. The first kappa shape index (κ1) is 20.8. The van der Waals surface area contributed by atoms with Crippen molar-refractivity contribution in [3.8, 4) is 11.1 Å². The highest BCUT2D eigenvalue weighted by atomic mass is 15.2. The third-order valence-electron chi connectivity index (χ3n) is 6.49. The van der Waals surface area contributed by atoms with Gasteiger partial charge in [0, 0.05) is 0 Å². The molecule has 0 aliphatic carbocycles. The second-order valence-electron chi connectivity index (χ2n) is 8.49. The molecule has 6 rings (SSSR count). The van der Waals surface area contributed by atoms with E-state index in [0.717, 1.165) is 27.8 Å². The normalized spacial score (nSPS) is 11.5. The number of benzene rings is 4. The number of hydrogen-bond acceptors (Lipinski definition) is 4. The van der Waals surface area contributed by atoms with Crippen molar-refractivity contribution >= 4 is 16.9 Å². The molecule has 0 radical (unpaired) electrons. The van der Waals surface area contributed by atoms with Crippen molar-refractivity contribution in [1.82, 2.24) is 20.2 Å². The third kappa shape index (κ3) is 3.45. The van der Waals surface area contributed by atoms with Crippen LogP contribution >= 0.6 is 0 Å². The average Bonchev–Trinajstić information content (AvgIpc) is 3.41. The lowest BCUT2D eigenvalue weighted by molar-refractivity contribution is 0.685. The Hall–Kier alpha value is -4.77. The van der Waals surface area contributed by atoms with Gasteiger partial charge in [0.2, 0.25) is 0 Å². The van der Waals surface area contributed by atoms with Crippen LogP contribution in [0, 0.1) is 0 Å². The van der Waals surface area contributed by atoms with Gasteiger partial charge >= 0.3 is 0 Å². The van der Waals surface area contributed by atoms with E-state index in [0.29, 0.717) is 22.7 Å². The molecule has 0 saturated carbocycles. The number of anilines is 1. The van der Waals surface area contributed by atoms with Crippen LogP contribution in [-0.4, -0.2) is 20.2 Å². The number of aromatic nitrogens is 4. The minimum atomic E-state index is -0.805. The lowest BCUT2D eigenvalue weighted by Crippen LogP contribution is -2.33. The Balaban J connectivity index is 1.73. The Morgan fingerprint density at radius 2 is 1.17 bits per heavy atom. The number of nitrogens with zero attached hydrogens (tertiary/aromatic N) is 3. The van der Waals surface area contributed by atoms with Gasteiger partial charge in [0.05, 0.1) is 11.6 Å². The lowest BCUT2D eigenvalue weighted by Gasteiger charge is -2.35. The molecule has 0 amide bonds. The minimum Gasteiger partial charge on any atom is -0.383 e. The van der Waals surface area contributed by atoms with E-state index >= 15 is 0 Å². The zero-order valence-corrected chi connectivity index (χ0v) is 19.0. The van der Waals surface area contributed by atoms with Crippen molar-refractivity contribution in [2.75, 3.05) is 5.73 Å². The molecule has 0 aliphatic rings. The SMILES string of the molecule is Nc1nc(C(c2ccccc2)(c2ccccc2)c2cccc(-c3ccccc3)c2)nc2[nH]ncc12. The van der Waals surface area contributed by atoms with E-state index in [1.165, 1.54) is 0 Å². The number of nitrogens with one attached hydrogen (secondary N) is 1. The van der Waals surface area contributed by atoms with E-state index in [-0.39, 0.29) is 0 Å². The molecule has 6 aromatic rings. The molecule has 0 atom stereocenters. The number of nitrogens with two attached hydrogens (primary N) is 1. The van der Waals surface area contributed by atoms with E-state index in [9.17, 15) is 0 Å². The summed E-state index contributed by atoms with van der Waals surface area (Å²) in [5.74, 6) is 0.989. The smallest absolute Gasteiger partial charge is 0.161 e. The van der Waals surface area contributed by atoms with Crippen LogP contribution in [0.3, 0.4) is 0 Å². The first-order chi connectivity index (χ1) is 17.3. The van der Waals surface area contributed by atoms with Crippen LogP contribution in [0.25, 0.3) is 22.2 Å². The van der Waals surface area contributed by atoms with Gasteiger partial charge < -0.3 is 5.73 Å². The maximum atomic E-state index is 6.44. The summed E-state index contributed by atoms with van der Waals surface area (Å²) in [6.07, 6.45) is 1.66. The molecule has 168 valence electrons. The fourth-order valence-corrected chi connectivity index (χ4v) is 4.85. The van der Waals surface area contributed by atoms with E-state index in [1.807, 2.05) is 42.5 Å². The first-order valence-corrected chi connectivity index (χ1v) is 11.5. The largest absolute Gasteiger partial charge is 0.383 e. The minimum absolute atomic E-state index is 0.397. The Morgan fingerprint density at radius 3 is 1.83 bits per heavy atom. The second kappa shape index (κ2) is 8.54. The predicted octanol–water partition coefficient (Wildman–Crippen LogP) is 5.98. The maximum Gasteiger partial charge on any atom is 0.161 e. The first-order valence-electron chi connectivity index (χ1n) is 11.5. The van der Waals surface area contributed by atoms with Crippen molar-refractivity contribution in [3.63, 3.8) is 0 Å². The highest BCUT2D eigenvalue weighted by molar-refractivity contribution is 5.85. The molecule has 4 aromatic carbocycles. The summed E-state index contributed by atoms with van der Waals surface area (Å²) in [6, 6.07) is 39.7. The van der Waals surface area contributed by atoms with E-state index in [4.69, 9.17) is 15.7 Å². The zero-order chi connectivity index (χ0) is 23.7. The van der Waals surface area contributed by atoms with Gasteiger partial charge in [-0.25, -0.2) is 9.97 Å². The van der Waals surface area contributed by atoms with Gasteiger partial charge in [-0.05, 0) is 33.9 Å². The van der Waals surface area contributed by atoms with E-state index < -0.39 is 5.41 Å². The lowest BCUT2D eigenvalue weighted by atomic mass is 9.68. The van der Waals surface area contributed by atoms with Crippen molar-refractivity contribution in [2.24, 2.45) is 0 Å². The van der Waals surface area contributed by atoms with Gasteiger partial charge in [-0.15, -0.1) is 0 Å². The summed E-state index contributed by atoms with van der Waals surface area (Å²) < 4.78 is 0. The van der Waals surface area contributed by atoms with E-state index in [1.54, 1.807) is 6.20 Å². The predicted molar refractivity (Wildman–Crippen MR) is 140 cm³/mol. The molecule has 0 fully saturated rings. The molecule has 2 aromatic heterocycles. The number of rotatable bonds is 5. The summed E-state index contributed by atoms with van der Waals surface area (Å²) >= 11 is 0. The van der Waals surface area contributed by atoms with Gasteiger partial charge in [-0.2, -0.15) is 5.10 Å². The number of fused-ring (bicyclic) bond motifs is 1. The van der Waals surface area contributed by atoms with Gasteiger partial charge in [-0.1, -0.05) is 109 Å². The van der Waals surface area contributed by atoms with Crippen molar-refractivity contribution in [2.45, 2.75) is 5.41 Å². The molecule has 5 heteroatoms. The number of hydrogen-bond donors (Lipinski definition) is 2. The van der Waals surface area contributed by atoms with Crippen LogP contribution in [0.4, 0.5) is 5.82 Å². The average molecular weight is 454 g/mol. The van der Waals surface area contributed by atoms with Crippen molar-refractivity contribution in [3.05, 3.63) is 144 Å². The van der Waals surface area contributed by atoms with Gasteiger partial charge in [0.25, 0.3) is 0 Å². The highest BCUT2D eigenvalue weighted by Gasteiger charge is 2.42. The van der Waals surface area contributed by atoms with Crippen molar-refractivity contribution < 1.29 is 0 Å². The van der Waals surface area contributed by atoms with Crippen LogP contribution in [0.5, 0.6) is 0 Å². The molecule has 5 nitrogen and oxygen atoms in total. The topological polar surface area (TPSA) is 80.5 Å². The molecule has 3 N–H and O–H groups in total. The van der Waals surface area contributed by atoms with E-state index in [2.05, 4.69) is 83.0 Å². The summed E-state index contributed by atoms with van der Waals surface area (Å²) in [4.78, 5) is 9.88. The van der Waals surface area contributed by atoms with Crippen LogP contribution in [-0.2, 0) is 5.41 Å². The van der Waals surface area contributed by atoms with Crippen LogP contribution in [0.15, 0.2) is 121 Å². The number of nitrogen functional groups attached to an aromatic ring is 1. The summed E-state index contributed by atoms with van der Waals surface area (Å²) in [5, 5.41) is 7.84. The standard InChI is InChI=1S/C30H23N5/c31-27-26-20-32-35-28(26)34-29(33-27)30(23-14-6-2-7-15-23,24-16-8-3-9-17-24)25-18-10-13-22(19-25)21-11-4-1-5-12-21/h1-20H,(H3,31,32,33,34,35). The number of H-pyrrole nitrogens is 1. The van der Waals surface area contributed by atoms with Gasteiger partial charge in [0.1, 0.15) is 11.2 Å². The van der Waals surface area contributed by atoms with Crippen LogP contribution < -0.4 is 5.73 Å². The summed E-state index contributed by atoms with van der Waals surface area (Å²) in [6.45, 7) is 0. The van der Waals surface area contributed by atoms with Crippen molar-refractivity contribution in [1.29, 1.82) is 0 Å². The fraction of sp³-hybridized carbons (Fsp3) is 0.0333. The third-order valence-corrected chi connectivity index (χ3v) is 6.49. The highest BCUT2D eigenvalue weighted by Crippen LogP contribution is 2.45. The summed E-state index contributed by atoms with van der Waals surface area (Å²) in [7, 11) is 0. The van der Waals surface area contributed by atoms with Crippen LogP contribution in [0.2, 0.25) is 0 Å². The molecular weight excluding hydrogens is 430 g/mol. The maximum absolute atomic E-state index is 6.44. The Bertz CT molecular complexity index is 1550. The Labute approximate surface area is 203 Å². The monoisotopic (exact) mass is 453 g/mol. The molecule has 35 heavy (non-hydrogen) atoms. The Kier molecular flexibility index (Phi) is 5.08. The molecule has 0 unspecified atom stereocenters. The molecule has 0 spiro atoms. The van der Waals surface area contributed by atoms with Crippen LogP contribution in [0.1, 0.15) is 22.5 Å². The molecule has 0 saturated heterocycles. The molecular formula is C30H23N5. The summed E-state index contributed by atoms with van der Waals surface area (Å²) in [5.41, 5.74) is 11.7. The number of aromatic amines is 1. The fourth-order valence-electron chi connectivity index (χ4n) is 4.85. The quantitative estimate of drug-likeness (QED) is 0.315. The second-order valence-corrected chi connectivity index (χ2v) is 8.49. The Morgan fingerprint density at radius 1 is 0.600 bits per heavy atom. The zero-order valence-electron chi connectivity index (χ0n) is 19.0. The van der Waals surface area contributed by atoms with Gasteiger partial charge in [-0.3, -0.25) is 5.10 Å². The molecule has 0 bridgehead atoms. The van der Waals surface area contributed by atoms with Gasteiger partial charge in [0.15, 0.2) is 11.5 Å².